The highest BCUT2D eigenvalue weighted by molar-refractivity contribution is 8.26. The second-order valence-corrected chi connectivity index (χ2v) is 7.87. The lowest BCUT2D eigenvalue weighted by atomic mass is 10.1. The largest absolute Gasteiger partial charge is 0.372 e. The van der Waals surface area contributed by atoms with E-state index in [9.17, 15) is 14.9 Å². The first-order valence-corrected chi connectivity index (χ1v) is 10.3. The molecule has 0 spiro atoms. The van der Waals surface area contributed by atoms with E-state index >= 15 is 0 Å². The van der Waals surface area contributed by atoms with Crippen molar-refractivity contribution < 1.29 is 9.72 Å². The van der Waals surface area contributed by atoms with E-state index in [1.54, 1.807) is 0 Å². The number of nitrogens with one attached hydrogen (secondary N) is 1. The van der Waals surface area contributed by atoms with E-state index in [-0.39, 0.29) is 11.6 Å². The minimum atomic E-state index is -0.475. The molecule has 2 aromatic carbocycles. The lowest BCUT2D eigenvalue weighted by Gasteiger charge is -2.20. The van der Waals surface area contributed by atoms with Gasteiger partial charge in [0.25, 0.3) is 11.6 Å². The van der Waals surface area contributed by atoms with E-state index in [0.717, 1.165) is 24.3 Å². The summed E-state index contributed by atoms with van der Waals surface area (Å²) in [6.07, 6.45) is 1.81. The molecule has 2 aromatic rings. The lowest BCUT2D eigenvalue weighted by Crippen LogP contribution is -2.33. The summed E-state index contributed by atoms with van der Waals surface area (Å²) in [6, 6.07) is 13.8. The van der Waals surface area contributed by atoms with Crippen molar-refractivity contribution in [1.82, 2.24) is 5.01 Å². The van der Waals surface area contributed by atoms with Crippen LogP contribution in [0.5, 0.6) is 0 Å². The second-order valence-electron chi connectivity index (χ2n) is 6.20. The first-order chi connectivity index (χ1) is 13.9. The molecule has 0 bridgehead atoms. The minimum Gasteiger partial charge on any atom is -0.372 e. The number of thiocarbonyl (C=S) groups is 1. The summed E-state index contributed by atoms with van der Waals surface area (Å²) in [5.74, 6) is -0.258. The molecule has 1 amide bonds. The van der Waals surface area contributed by atoms with Crippen LogP contribution in [-0.2, 0) is 4.79 Å². The van der Waals surface area contributed by atoms with Gasteiger partial charge in [0, 0.05) is 30.9 Å². The standard InChI is InChI=1S/C20H20N4O3S2/c1-3-22(4-2)16-9-5-14(6-10-16)13-18-19(25)23(20(28)29-18)21-15-7-11-17(12-8-15)24(26)27/h5-13,21H,3-4H2,1-2H3/b18-13+. The van der Waals surface area contributed by atoms with Gasteiger partial charge in [-0.3, -0.25) is 20.3 Å². The smallest absolute Gasteiger partial charge is 0.285 e. The monoisotopic (exact) mass is 428 g/mol. The Labute approximate surface area is 178 Å². The van der Waals surface area contributed by atoms with Gasteiger partial charge in [-0.15, -0.1) is 0 Å². The van der Waals surface area contributed by atoms with Crippen molar-refractivity contribution in [3.63, 3.8) is 0 Å². The number of rotatable bonds is 7. The van der Waals surface area contributed by atoms with Crippen LogP contribution in [-0.4, -0.2) is 33.2 Å². The molecule has 9 heteroatoms. The number of thioether (sulfide) groups is 1. The average Bonchev–Trinajstić information content (AvgIpc) is 2.98. The van der Waals surface area contributed by atoms with E-state index < -0.39 is 4.92 Å². The van der Waals surface area contributed by atoms with Gasteiger partial charge < -0.3 is 4.90 Å². The fourth-order valence-electron chi connectivity index (χ4n) is 2.87. The maximum Gasteiger partial charge on any atom is 0.285 e. The van der Waals surface area contributed by atoms with E-state index in [4.69, 9.17) is 12.2 Å². The third kappa shape index (κ3) is 4.75. The molecule has 1 N–H and O–H groups in total. The summed E-state index contributed by atoms with van der Waals surface area (Å²) in [5.41, 5.74) is 5.48. The molecule has 29 heavy (non-hydrogen) atoms. The summed E-state index contributed by atoms with van der Waals surface area (Å²) in [4.78, 5) is 25.8. The van der Waals surface area contributed by atoms with Crippen LogP contribution < -0.4 is 10.3 Å². The number of nitro benzene ring substituents is 1. The van der Waals surface area contributed by atoms with Crippen LogP contribution >= 0.6 is 24.0 Å². The Kier molecular flexibility index (Phi) is 6.50. The summed E-state index contributed by atoms with van der Waals surface area (Å²) in [5, 5.41) is 12.0. The Bertz CT molecular complexity index is 955. The molecule has 7 nitrogen and oxygen atoms in total. The SMILES string of the molecule is CCN(CC)c1ccc(/C=C2/SC(=S)N(Nc3ccc([N+](=O)[O-])cc3)C2=O)cc1. The molecule has 0 aliphatic carbocycles. The van der Waals surface area contributed by atoms with Crippen LogP contribution in [0.25, 0.3) is 6.08 Å². The van der Waals surface area contributed by atoms with Gasteiger partial charge in [-0.2, -0.15) is 0 Å². The van der Waals surface area contributed by atoms with Gasteiger partial charge in [0.1, 0.15) is 0 Å². The Morgan fingerprint density at radius 1 is 1.14 bits per heavy atom. The number of nitro groups is 1. The zero-order valence-electron chi connectivity index (χ0n) is 16.0. The molecule has 150 valence electrons. The zero-order chi connectivity index (χ0) is 21.0. The molecule has 1 aliphatic rings. The molecular weight excluding hydrogens is 408 g/mol. The van der Waals surface area contributed by atoms with Crippen LogP contribution in [0.4, 0.5) is 17.1 Å². The van der Waals surface area contributed by atoms with Crippen molar-refractivity contribution in [2.75, 3.05) is 23.4 Å². The number of anilines is 2. The average molecular weight is 429 g/mol. The van der Waals surface area contributed by atoms with Gasteiger partial charge in [-0.05, 0) is 62.0 Å². The predicted molar refractivity (Wildman–Crippen MR) is 122 cm³/mol. The lowest BCUT2D eigenvalue weighted by molar-refractivity contribution is -0.384. The number of hydrogen-bond acceptors (Lipinski definition) is 7. The summed E-state index contributed by atoms with van der Waals surface area (Å²) < 4.78 is 0.374. The molecule has 1 fully saturated rings. The number of benzene rings is 2. The van der Waals surface area contributed by atoms with Crippen molar-refractivity contribution in [2.24, 2.45) is 0 Å². The number of carbonyl (C=O) groups excluding carboxylic acids is 1. The molecule has 1 aliphatic heterocycles. The number of hydrazine groups is 1. The minimum absolute atomic E-state index is 0.0195. The van der Waals surface area contributed by atoms with Crippen molar-refractivity contribution in [3.8, 4) is 0 Å². The number of carbonyl (C=O) groups is 1. The van der Waals surface area contributed by atoms with E-state index in [0.29, 0.717) is 14.9 Å². The highest BCUT2D eigenvalue weighted by Crippen LogP contribution is 2.33. The second kappa shape index (κ2) is 9.06. The van der Waals surface area contributed by atoms with Crippen molar-refractivity contribution in [3.05, 3.63) is 69.1 Å². The van der Waals surface area contributed by atoms with Crippen molar-refractivity contribution >= 4 is 57.3 Å². The van der Waals surface area contributed by atoms with Gasteiger partial charge in [-0.1, -0.05) is 23.9 Å². The van der Waals surface area contributed by atoms with E-state index in [1.807, 2.05) is 30.3 Å². The summed E-state index contributed by atoms with van der Waals surface area (Å²) in [6.45, 7) is 6.09. The van der Waals surface area contributed by atoms with E-state index in [1.165, 1.54) is 41.0 Å². The molecule has 0 saturated carbocycles. The number of non-ortho nitro benzene ring substituents is 1. The molecule has 1 saturated heterocycles. The maximum atomic E-state index is 12.7. The number of amides is 1. The predicted octanol–water partition coefficient (Wildman–Crippen LogP) is 4.67. The first kappa shape index (κ1) is 20.8. The van der Waals surface area contributed by atoms with Crippen LogP contribution in [0.3, 0.4) is 0 Å². The van der Waals surface area contributed by atoms with Gasteiger partial charge in [0.15, 0.2) is 4.32 Å². The van der Waals surface area contributed by atoms with Crippen LogP contribution in [0.15, 0.2) is 53.4 Å². The molecule has 0 unspecified atom stereocenters. The Hall–Kier alpha value is -2.91. The topological polar surface area (TPSA) is 78.7 Å². The van der Waals surface area contributed by atoms with E-state index in [2.05, 4.69) is 24.2 Å². The highest BCUT2D eigenvalue weighted by Gasteiger charge is 2.32. The van der Waals surface area contributed by atoms with Crippen molar-refractivity contribution in [2.45, 2.75) is 13.8 Å². The number of hydrogen-bond donors (Lipinski definition) is 1. The third-order valence-corrected chi connectivity index (χ3v) is 5.73. The molecule has 1 heterocycles. The third-order valence-electron chi connectivity index (χ3n) is 4.43. The Morgan fingerprint density at radius 3 is 2.31 bits per heavy atom. The normalized spacial score (nSPS) is 15.1. The Morgan fingerprint density at radius 2 is 1.76 bits per heavy atom. The van der Waals surface area contributed by atoms with Crippen LogP contribution in [0.2, 0.25) is 0 Å². The van der Waals surface area contributed by atoms with Gasteiger partial charge in [0.2, 0.25) is 0 Å². The fraction of sp³-hybridized carbons (Fsp3) is 0.200. The molecule has 0 aromatic heterocycles. The summed E-state index contributed by atoms with van der Waals surface area (Å²) >= 11 is 6.52. The van der Waals surface area contributed by atoms with Gasteiger partial charge >= 0.3 is 0 Å². The van der Waals surface area contributed by atoms with Crippen LogP contribution in [0, 0.1) is 10.1 Å². The first-order valence-electron chi connectivity index (χ1n) is 9.07. The zero-order valence-corrected chi connectivity index (χ0v) is 17.6. The highest BCUT2D eigenvalue weighted by atomic mass is 32.2. The number of nitrogens with zero attached hydrogens (tertiary/aromatic N) is 3. The molecule has 0 radical (unpaired) electrons. The molecular formula is C20H20N4O3S2. The quantitative estimate of drug-likeness (QED) is 0.297. The van der Waals surface area contributed by atoms with Crippen LogP contribution in [0.1, 0.15) is 19.4 Å². The van der Waals surface area contributed by atoms with Gasteiger partial charge in [-0.25, -0.2) is 5.01 Å². The fourth-order valence-corrected chi connectivity index (χ4v) is 4.05. The Balaban J connectivity index is 1.73. The maximum absolute atomic E-state index is 12.7. The van der Waals surface area contributed by atoms with Crippen molar-refractivity contribution in [1.29, 1.82) is 0 Å². The summed E-state index contributed by atoms with van der Waals surface area (Å²) in [7, 11) is 0. The van der Waals surface area contributed by atoms with Gasteiger partial charge in [0.05, 0.1) is 15.5 Å². The molecule has 3 rings (SSSR count). The molecule has 0 atom stereocenters.